The predicted octanol–water partition coefficient (Wildman–Crippen LogP) is 3.20. The number of nitrogens with two attached hydrogens (primary N) is 1. The van der Waals surface area contributed by atoms with Crippen molar-refractivity contribution in [3.05, 3.63) is 54.1 Å². The van der Waals surface area contributed by atoms with E-state index < -0.39 is 10.0 Å². The van der Waals surface area contributed by atoms with Gasteiger partial charge >= 0.3 is 0 Å². The summed E-state index contributed by atoms with van der Waals surface area (Å²) >= 11 is 0. The van der Waals surface area contributed by atoms with E-state index >= 15 is 0 Å². The summed E-state index contributed by atoms with van der Waals surface area (Å²) in [6, 6.07) is 14.2. The first-order valence-corrected chi connectivity index (χ1v) is 10.5. The lowest BCUT2D eigenvalue weighted by Gasteiger charge is -2.20. The minimum absolute atomic E-state index is 0.110. The van der Waals surface area contributed by atoms with Gasteiger partial charge < -0.3 is 5.32 Å². The predicted molar refractivity (Wildman–Crippen MR) is 102 cm³/mol. The molecule has 0 unspecified atom stereocenters. The van der Waals surface area contributed by atoms with Crippen LogP contribution in [0.15, 0.2) is 53.4 Å². The van der Waals surface area contributed by atoms with E-state index in [2.05, 4.69) is 5.32 Å². The summed E-state index contributed by atoms with van der Waals surface area (Å²) in [4.78, 5) is 12.3. The molecule has 3 rings (SSSR count). The van der Waals surface area contributed by atoms with Gasteiger partial charge in [-0.3, -0.25) is 4.79 Å². The van der Waals surface area contributed by atoms with Crippen LogP contribution in [0, 0.1) is 5.92 Å². The van der Waals surface area contributed by atoms with Gasteiger partial charge in [-0.1, -0.05) is 61.7 Å². The minimum atomic E-state index is -3.78. The van der Waals surface area contributed by atoms with Crippen molar-refractivity contribution in [1.29, 1.82) is 0 Å². The Labute approximate surface area is 154 Å². The number of sulfonamides is 1. The van der Waals surface area contributed by atoms with Crippen LogP contribution in [0.5, 0.6) is 0 Å². The zero-order valence-electron chi connectivity index (χ0n) is 14.6. The van der Waals surface area contributed by atoms with Crippen LogP contribution in [0.25, 0.3) is 11.1 Å². The maximum atomic E-state index is 12.2. The number of carbonyl (C=O) groups excluding carboxylic acids is 1. The lowest BCUT2D eigenvalue weighted by atomic mass is 9.88. The fourth-order valence-electron chi connectivity index (χ4n) is 3.45. The molecule has 1 amide bonds. The van der Waals surface area contributed by atoms with Crippen molar-refractivity contribution >= 4 is 15.9 Å². The summed E-state index contributed by atoms with van der Waals surface area (Å²) in [6.45, 7) is 0.479. The monoisotopic (exact) mass is 372 g/mol. The number of hydrogen-bond donors (Lipinski definition) is 2. The molecule has 1 aliphatic carbocycles. The number of nitrogens with one attached hydrogen (secondary N) is 1. The molecule has 0 radical (unpaired) electrons. The zero-order valence-corrected chi connectivity index (χ0v) is 15.5. The molecule has 0 aromatic heterocycles. The Morgan fingerprint density at radius 3 is 2.31 bits per heavy atom. The van der Waals surface area contributed by atoms with Crippen LogP contribution in [-0.4, -0.2) is 14.3 Å². The van der Waals surface area contributed by atoms with E-state index in [0.29, 0.717) is 12.1 Å². The molecular formula is C20H24N2O3S. The molecule has 1 aliphatic rings. The van der Waals surface area contributed by atoms with Gasteiger partial charge in [-0.25, -0.2) is 13.6 Å². The number of carbonyl (C=O) groups is 1. The highest BCUT2D eigenvalue weighted by atomic mass is 32.2. The van der Waals surface area contributed by atoms with Crippen molar-refractivity contribution in [3.8, 4) is 11.1 Å². The summed E-state index contributed by atoms with van der Waals surface area (Å²) in [6.07, 6.45) is 5.46. The Morgan fingerprint density at radius 1 is 1.00 bits per heavy atom. The van der Waals surface area contributed by atoms with Crippen LogP contribution in [0.4, 0.5) is 0 Å². The van der Waals surface area contributed by atoms with E-state index in [0.717, 1.165) is 36.8 Å². The van der Waals surface area contributed by atoms with Gasteiger partial charge in [0.2, 0.25) is 15.9 Å². The van der Waals surface area contributed by atoms with E-state index in [-0.39, 0.29) is 16.7 Å². The van der Waals surface area contributed by atoms with Gasteiger partial charge in [-0.05, 0) is 30.0 Å². The maximum absolute atomic E-state index is 12.2. The molecule has 1 fully saturated rings. The van der Waals surface area contributed by atoms with E-state index in [4.69, 9.17) is 5.14 Å². The van der Waals surface area contributed by atoms with Gasteiger partial charge in [0.05, 0.1) is 4.90 Å². The Morgan fingerprint density at radius 2 is 1.65 bits per heavy atom. The van der Waals surface area contributed by atoms with Crippen molar-refractivity contribution in [2.45, 2.75) is 43.5 Å². The molecule has 2 aromatic carbocycles. The maximum Gasteiger partial charge on any atom is 0.238 e. The molecule has 0 saturated heterocycles. The van der Waals surface area contributed by atoms with Crippen molar-refractivity contribution in [2.24, 2.45) is 11.1 Å². The summed E-state index contributed by atoms with van der Waals surface area (Å²) in [5, 5.41) is 8.31. The molecule has 138 valence electrons. The third kappa shape index (κ3) is 4.51. The van der Waals surface area contributed by atoms with Gasteiger partial charge in [0.25, 0.3) is 0 Å². The van der Waals surface area contributed by atoms with Crippen LogP contribution in [-0.2, 0) is 21.4 Å². The molecule has 0 spiro atoms. The van der Waals surface area contributed by atoms with Crippen molar-refractivity contribution < 1.29 is 13.2 Å². The van der Waals surface area contributed by atoms with E-state index in [9.17, 15) is 13.2 Å². The fraction of sp³-hybridized carbons (Fsp3) is 0.350. The first kappa shape index (κ1) is 18.6. The molecule has 0 aliphatic heterocycles. The third-order valence-electron chi connectivity index (χ3n) is 4.90. The highest BCUT2D eigenvalue weighted by Crippen LogP contribution is 2.27. The van der Waals surface area contributed by atoms with E-state index in [1.807, 2.05) is 24.3 Å². The molecular weight excluding hydrogens is 348 g/mol. The first-order chi connectivity index (χ1) is 12.4. The lowest BCUT2D eigenvalue weighted by Crippen LogP contribution is -2.31. The number of primary sulfonamides is 1. The second kappa shape index (κ2) is 8.01. The summed E-state index contributed by atoms with van der Waals surface area (Å²) < 4.78 is 23.5. The lowest BCUT2D eigenvalue weighted by molar-refractivity contribution is -0.126. The third-order valence-corrected chi connectivity index (χ3v) is 5.87. The van der Waals surface area contributed by atoms with Crippen molar-refractivity contribution in [3.63, 3.8) is 0 Å². The van der Waals surface area contributed by atoms with E-state index in [1.54, 1.807) is 18.2 Å². The highest BCUT2D eigenvalue weighted by molar-refractivity contribution is 7.89. The molecule has 26 heavy (non-hydrogen) atoms. The minimum Gasteiger partial charge on any atom is -0.352 e. The fourth-order valence-corrected chi connectivity index (χ4v) is 4.21. The van der Waals surface area contributed by atoms with Gasteiger partial charge in [0, 0.05) is 18.0 Å². The molecule has 3 N–H and O–H groups in total. The van der Waals surface area contributed by atoms with E-state index in [1.165, 1.54) is 12.5 Å². The Kier molecular flexibility index (Phi) is 5.74. The van der Waals surface area contributed by atoms with Gasteiger partial charge in [-0.2, -0.15) is 0 Å². The topological polar surface area (TPSA) is 89.3 Å². The van der Waals surface area contributed by atoms with Gasteiger partial charge in [0.15, 0.2) is 0 Å². The van der Waals surface area contributed by atoms with Gasteiger partial charge in [0.1, 0.15) is 0 Å². The van der Waals surface area contributed by atoms with Gasteiger partial charge in [-0.15, -0.1) is 0 Å². The smallest absolute Gasteiger partial charge is 0.238 e. The van der Waals surface area contributed by atoms with Crippen LogP contribution in [0.3, 0.4) is 0 Å². The van der Waals surface area contributed by atoms with Crippen molar-refractivity contribution in [1.82, 2.24) is 5.32 Å². The van der Waals surface area contributed by atoms with Crippen molar-refractivity contribution in [2.75, 3.05) is 0 Å². The molecule has 0 bridgehead atoms. The Hall–Kier alpha value is -2.18. The Bertz CT molecular complexity index is 870. The number of hydrogen-bond acceptors (Lipinski definition) is 3. The van der Waals surface area contributed by atoms with Crippen LogP contribution in [0.1, 0.15) is 37.7 Å². The summed E-state index contributed by atoms with van der Waals surface area (Å²) in [5.74, 6) is 0.276. The Balaban J connectivity index is 1.69. The summed E-state index contributed by atoms with van der Waals surface area (Å²) in [5.41, 5.74) is 2.33. The molecule has 6 heteroatoms. The van der Waals surface area contributed by atoms with Crippen LogP contribution in [0.2, 0.25) is 0 Å². The molecule has 1 saturated carbocycles. The second-order valence-corrected chi connectivity index (χ2v) is 8.32. The quantitative estimate of drug-likeness (QED) is 0.844. The second-order valence-electron chi connectivity index (χ2n) is 6.79. The molecule has 0 atom stereocenters. The highest BCUT2D eigenvalue weighted by Gasteiger charge is 2.20. The SMILES string of the molecule is NS(=O)(=O)c1ccccc1-c1ccc(CNC(=O)C2CCCCC2)cc1. The molecule has 5 nitrogen and oxygen atoms in total. The molecule has 0 heterocycles. The first-order valence-electron chi connectivity index (χ1n) is 8.94. The van der Waals surface area contributed by atoms with Crippen LogP contribution < -0.4 is 10.5 Å². The number of benzene rings is 2. The molecule has 2 aromatic rings. The average molecular weight is 372 g/mol. The van der Waals surface area contributed by atoms with Crippen LogP contribution >= 0.6 is 0 Å². The number of rotatable bonds is 5. The zero-order chi connectivity index (χ0) is 18.6. The normalized spacial score (nSPS) is 15.6. The largest absolute Gasteiger partial charge is 0.352 e. The summed E-state index contributed by atoms with van der Waals surface area (Å²) in [7, 11) is -3.78. The number of amides is 1. The average Bonchev–Trinajstić information content (AvgIpc) is 2.66. The standard InChI is InChI=1S/C20H24N2O3S/c21-26(24,25)19-9-5-4-8-18(19)16-12-10-15(11-13-16)14-22-20(23)17-6-2-1-3-7-17/h4-5,8-13,17H,1-3,6-7,14H2,(H,22,23)(H2,21,24,25).